The molecule has 0 radical (unpaired) electrons. The molecular formula is C22H19N5O4S. The van der Waals surface area contributed by atoms with E-state index in [4.69, 9.17) is 0 Å². The lowest BCUT2D eigenvalue weighted by molar-refractivity contribution is -0.385. The van der Waals surface area contributed by atoms with Crippen LogP contribution in [0.2, 0.25) is 0 Å². The lowest BCUT2D eigenvalue weighted by Crippen LogP contribution is -2.14. The Morgan fingerprint density at radius 1 is 1.16 bits per heavy atom. The first-order valence-corrected chi connectivity index (χ1v) is 10.6. The number of hydrogen-bond donors (Lipinski definition) is 2. The van der Waals surface area contributed by atoms with Crippen LogP contribution in [-0.4, -0.2) is 36.5 Å². The van der Waals surface area contributed by atoms with Gasteiger partial charge in [-0.05, 0) is 35.9 Å². The number of anilines is 1. The molecule has 4 aromatic rings. The van der Waals surface area contributed by atoms with Crippen LogP contribution in [-0.2, 0) is 11.8 Å². The van der Waals surface area contributed by atoms with Crippen molar-refractivity contribution in [1.29, 1.82) is 0 Å². The third kappa shape index (κ3) is 4.26. The van der Waals surface area contributed by atoms with Gasteiger partial charge in [0, 0.05) is 24.4 Å². The van der Waals surface area contributed by atoms with Crippen molar-refractivity contribution in [3.8, 4) is 17.1 Å². The average Bonchev–Trinajstić information content (AvgIpc) is 3.13. The number of hydrogen-bond acceptors (Lipinski definition) is 7. The number of carbonyl (C=O) groups is 1. The van der Waals surface area contributed by atoms with Crippen LogP contribution in [0.15, 0.2) is 59.8 Å². The van der Waals surface area contributed by atoms with Crippen molar-refractivity contribution in [3.05, 3.63) is 70.3 Å². The molecule has 1 aromatic heterocycles. The van der Waals surface area contributed by atoms with E-state index in [2.05, 4.69) is 15.5 Å². The van der Waals surface area contributed by atoms with Gasteiger partial charge in [-0.3, -0.25) is 14.9 Å². The molecule has 4 rings (SSSR count). The highest BCUT2D eigenvalue weighted by atomic mass is 32.2. The maximum Gasteiger partial charge on any atom is 0.274 e. The summed E-state index contributed by atoms with van der Waals surface area (Å²) in [6, 6.07) is 15.8. The summed E-state index contributed by atoms with van der Waals surface area (Å²) in [4.78, 5) is 22.9. The first kappa shape index (κ1) is 21.3. The summed E-state index contributed by atoms with van der Waals surface area (Å²) >= 11 is 1.17. The standard InChI is InChI=1S/C22H19N5O4S/c1-13-7-8-16(11-18(13)27(30)31)23-20(29)12-32-22-25-24-21(26(22)2)17-9-14-5-3-4-6-15(14)10-19(17)28/h3-11,28H,12H2,1-2H3,(H,23,29). The molecule has 0 spiro atoms. The lowest BCUT2D eigenvalue weighted by Gasteiger charge is -2.08. The van der Waals surface area contributed by atoms with Gasteiger partial charge >= 0.3 is 0 Å². The van der Waals surface area contributed by atoms with E-state index in [1.165, 1.54) is 17.8 Å². The molecule has 0 saturated carbocycles. The fourth-order valence-corrected chi connectivity index (χ4v) is 4.00. The molecule has 0 aliphatic rings. The SMILES string of the molecule is Cc1ccc(NC(=O)CSc2nnc(-c3cc4ccccc4cc3O)n2C)cc1[N+](=O)[O-]. The number of nitrogens with one attached hydrogen (secondary N) is 1. The number of amides is 1. The number of nitrogens with zero attached hydrogens (tertiary/aromatic N) is 4. The Morgan fingerprint density at radius 2 is 1.88 bits per heavy atom. The molecule has 0 unspecified atom stereocenters. The van der Waals surface area contributed by atoms with Gasteiger partial charge in [-0.25, -0.2) is 0 Å². The third-order valence-electron chi connectivity index (χ3n) is 4.96. The molecule has 0 aliphatic heterocycles. The number of nitro benzene ring substituents is 1. The van der Waals surface area contributed by atoms with Crippen molar-refractivity contribution >= 4 is 39.8 Å². The summed E-state index contributed by atoms with van der Waals surface area (Å²) in [6.45, 7) is 1.64. The number of rotatable bonds is 6. The van der Waals surface area contributed by atoms with Crippen molar-refractivity contribution in [2.24, 2.45) is 7.05 Å². The van der Waals surface area contributed by atoms with Gasteiger partial charge in [0.05, 0.1) is 16.2 Å². The maximum absolute atomic E-state index is 12.3. The fraction of sp³-hybridized carbons (Fsp3) is 0.136. The van der Waals surface area contributed by atoms with Crippen LogP contribution in [0.3, 0.4) is 0 Å². The molecule has 0 saturated heterocycles. The lowest BCUT2D eigenvalue weighted by atomic mass is 10.1. The number of aromatic hydroxyl groups is 1. The van der Waals surface area contributed by atoms with E-state index in [1.807, 2.05) is 30.3 Å². The quantitative estimate of drug-likeness (QED) is 0.256. The molecule has 10 heteroatoms. The summed E-state index contributed by atoms with van der Waals surface area (Å²) in [5.41, 5.74) is 1.36. The molecule has 32 heavy (non-hydrogen) atoms. The molecule has 0 atom stereocenters. The van der Waals surface area contributed by atoms with Crippen LogP contribution < -0.4 is 5.32 Å². The molecule has 0 bridgehead atoms. The van der Waals surface area contributed by atoms with Gasteiger partial charge in [0.2, 0.25) is 5.91 Å². The van der Waals surface area contributed by atoms with E-state index in [0.717, 1.165) is 10.8 Å². The topological polar surface area (TPSA) is 123 Å². The monoisotopic (exact) mass is 449 g/mol. The number of nitro groups is 1. The van der Waals surface area contributed by atoms with Crippen LogP contribution in [0, 0.1) is 17.0 Å². The van der Waals surface area contributed by atoms with E-state index in [0.29, 0.717) is 27.8 Å². The Kier molecular flexibility index (Phi) is 5.78. The Labute approximate surface area is 187 Å². The van der Waals surface area contributed by atoms with Gasteiger partial charge in [0.25, 0.3) is 5.69 Å². The number of phenols is 1. The van der Waals surface area contributed by atoms with Crippen molar-refractivity contribution in [2.45, 2.75) is 12.1 Å². The predicted molar refractivity (Wildman–Crippen MR) is 123 cm³/mol. The molecule has 3 aromatic carbocycles. The molecule has 9 nitrogen and oxygen atoms in total. The van der Waals surface area contributed by atoms with Crippen molar-refractivity contribution < 1.29 is 14.8 Å². The van der Waals surface area contributed by atoms with Crippen molar-refractivity contribution in [2.75, 3.05) is 11.1 Å². The van der Waals surface area contributed by atoms with Gasteiger partial charge in [-0.2, -0.15) is 0 Å². The smallest absolute Gasteiger partial charge is 0.274 e. The summed E-state index contributed by atoms with van der Waals surface area (Å²) in [7, 11) is 1.76. The second-order valence-corrected chi connectivity index (χ2v) is 8.12. The Bertz CT molecular complexity index is 1350. The molecule has 0 fully saturated rings. The van der Waals surface area contributed by atoms with Gasteiger partial charge < -0.3 is 15.0 Å². The predicted octanol–water partition coefficient (Wildman–Crippen LogP) is 4.29. The molecular weight excluding hydrogens is 430 g/mol. The molecule has 162 valence electrons. The summed E-state index contributed by atoms with van der Waals surface area (Å²) < 4.78 is 1.71. The van der Waals surface area contributed by atoms with Crippen molar-refractivity contribution in [1.82, 2.24) is 14.8 Å². The Balaban J connectivity index is 1.48. The number of phenolic OH excluding ortho intramolecular Hbond substituents is 1. The second kappa shape index (κ2) is 8.67. The van der Waals surface area contributed by atoms with E-state index in [1.54, 1.807) is 36.7 Å². The molecule has 1 amide bonds. The number of fused-ring (bicyclic) bond motifs is 1. The van der Waals surface area contributed by atoms with Gasteiger partial charge in [0.15, 0.2) is 11.0 Å². The van der Waals surface area contributed by atoms with Crippen LogP contribution >= 0.6 is 11.8 Å². The number of aryl methyl sites for hydroxylation is 1. The number of benzene rings is 3. The largest absolute Gasteiger partial charge is 0.507 e. The van der Waals surface area contributed by atoms with E-state index in [9.17, 15) is 20.0 Å². The van der Waals surface area contributed by atoms with Gasteiger partial charge in [-0.1, -0.05) is 42.1 Å². The highest BCUT2D eigenvalue weighted by molar-refractivity contribution is 7.99. The highest BCUT2D eigenvalue weighted by Crippen LogP contribution is 2.33. The molecule has 1 heterocycles. The Hall–Kier alpha value is -3.92. The summed E-state index contributed by atoms with van der Waals surface area (Å²) in [5, 5.41) is 34.9. The van der Waals surface area contributed by atoms with Gasteiger partial charge in [0.1, 0.15) is 5.75 Å². The third-order valence-corrected chi connectivity index (χ3v) is 5.98. The first-order chi connectivity index (χ1) is 15.3. The zero-order chi connectivity index (χ0) is 22.8. The second-order valence-electron chi connectivity index (χ2n) is 7.18. The van der Waals surface area contributed by atoms with E-state index >= 15 is 0 Å². The average molecular weight is 449 g/mol. The minimum absolute atomic E-state index is 0.0390. The van der Waals surface area contributed by atoms with E-state index < -0.39 is 4.92 Å². The summed E-state index contributed by atoms with van der Waals surface area (Å²) in [5.74, 6) is 0.281. The van der Waals surface area contributed by atoms with Crippen LogP contribution in [0.25, 0.3) is 22.2 Å². The first-order valence-electron chi connectivity index (χ1n) is 9.62. The normalized spacial score (nSPS) is 10.9. The fourth-order valence-electron chi connectivity index (χ4n) is 3.29. The van der Waals surface area contributed by atoms with Crippen molar-refractivity contribution in [3.63, 3.8) is 0 Å². The van der Waals surface area contributed by atoms with Crippen LogP contribution in [0.5, 0.6) is 5.75 Å². The number of thioether (sulfide) groups is 1. The minimum atomic E-state index is -0.483. The summed E-state index contributed by atoms with van der Waals surface area (Å²) in [6.07, 6.45) is 0. The van der Waals surface area contributed by atoms with Crippen LogP contribution in [0.4, 0.5) is 11.4 Å². The molecule has 0 aliphatic carbocycles. The van der Waals surface area contributed by atoms with Gasteiger partial charge in [-0.15, -0.1) is 10.2 Å². The number of carbonyl (C=O) groups excluding carboxylic acids is 1. The highest BCUT2D eigenvalue weighted by Gasteiger charge is 2.17. The molecule has 2 N–H and O–H groups in total. The Morgan fingerprint density at radius 3 is 2.59 bits per heavy atom. The zero-order valence-corrected chi connectivity index (χ0v) is 18.1. The van der Waals surface area contributed by atoms with Crippen LogP contribution in [0.1, 0.15) is 5.56 Å². The minimum Gasteiger partial charge on any atom is -0.507 e. The zero-order valence-electron chi connectivity index (χ0n) is 17.3. The van der Waals surface area contributed by atoms with E-state index in [-0.39, 0.29) is 23.1 Å². The maximum atomic E-state index is 12.3. The number of aromatic nitrogens is 3.